The fraction of sp³-hybridized carbons (Fsp3) is 0.200. The van der Waals surface area contributed by atoms with Crippen molar-refractivity contribution in [3.63, 3.8) is 0 Å². The molecule has 5 nitrogen and oxygen atoms in total. The van der Waals surface area contributed by atoms with Crippen LogP contribution >= 0.6 is 11.8 Å². The van der Waals surface area contributed by atoms with Gasteiger partial charge in [0.25, 0.3) is 5.91 Å². The summed E-state index contributed by atoms with van der Waals surface area (Å²) in [6.45, 7) is 4.39. The van der Waals surface area contributed by atoms with E-state index in [1.165, 1.54) is 11.8 Å². The van der Waals surface area contributed by atoms with Crippen molar-refractivity contribution < 1.29 is 4.79 Å². The number of amides is 1. The van der Waals surface area contributed by atoms with E-state index < -0.39 is 0 Å². The zero-order valence-corrected chi connectivity index (χ0v) is 9.25. The maximum atomic E-state index is 11.8. The lowest BCUT2D eigenvalue weighted by molar-refractivity contribution is -0.120. The first-order valence-electron chi connectivity index (χ1n) is 4.91. The minimum absolute atomic E-state index is 0.0994. The molecule has 1 fully saturated rings. The highest BCUT2D eigenvalue weighted by Crippen LogP contribution is 2.30. The van der Waals surface area contributed by atoms with Crippen LogP contribution in [-0.2, 0) is 4.79 Å². The summed E-state index contributed by atoms with van der Waals surface area (Å²) in [6, 6.07) is 3.79. The van der Waals surface area contributed by atoms with Crippen LogP contribution in [0.25, 0.3) is 0 Å². The van der Waals surface area contributed by atoms with Crippen molar-refractivity contribution in [1.29, 1.82) is 0 Å². The number of thioether (sulfide) groups is 1. The average molecular weight is 234 g/mol. The number of carbonyl (C=O) groups is 1. The largest absolute Gasteiger partial charge is 0.364 e. The van der Waals surface area contributed by atoms with E-state index in [-0.39, 0.29) is 11.8 Å². The number of carbonyl (C=O) groups excluding carboxylic acids is 1. The van der Waals surface area contributed by atoms with Crippen molar-refractivity contribution in [3.8, 4) is 0 Å². The summed E-state index contributed by atoms with van der Waals surface area (Å²) < 4.78 is 0. The molecule has 2 aliphatic heterocycles. The van der Waals surface area contributed by atoms with Gasteiger partial charge in [-0.3, -0.25) is 15.2 Å². The zero-order valence-electron chi connectivity index (χ0n) is 8.43. The molecular weight excluding hydrogens is 224 g/mol. The molecule has 1 amide bonds. The summed E-state index contributed by atoms with van der Waals surface area (Å²) in [5.74, 6) is -0.324. The van der Waals surface area contributed by atoms with Gasteiger partial charge in [0.05, 0.1) is 17.5 Å². The van der Waals surface area contributed by atoms with Gasteiger partial charge in [-0.2, -0.15) is 4.99 Å². The fourth-order valence-corrected chi connectivity index (χ4v) is 2.56. The predicted octanol–water partition coefficient (Wildman–Crippen LogP) is 1.02. The second-order valence-electron chi connectivity index (χ2n) is 3.66. The van der Waals surface area contributed by atoms with E-state index in [1.54, 1.807) is 0 Å². The standard InChI is InChI=1S/C10H10N4OS/c1-6-13-14-5-7(8-3-2-4-11-8)9(15)12-10(14)16-6/h2-4,7,11,13H,1,5H2. The quantitative estimate of drug-likeness (QED) is 0.761. The number of nitrogens with zero attached hydrogens (tertiary/aromatic N) is 2. The van der Waals surface area contributed by atoms with Gasteiger partial charge in [0.2, 0.25) is 0 Å². The molecule has 0 aromatic carbocycles. The first kappa shape index (κ1) is 9.53. The summed E-state index contributed by atoms with van der Waals surface area (Å²) in [5, 5.41) is 3.36. The summed E-state index contributed by atoms with van der Waals surface area (Å²) in [6.07, 6.45) is 1.81. The number of hydrogen-bond acceptors (Lipinski definition) is 4. The Hall–Kier alpha value is -1.69. The van der Waals surface area contributed by atoms with Gasteiger partial charge in [0, 0.05) is 11.9 Å². The molecule has 0 saturated carbocycles. The van der Waals surface area contributed by atoms with Crippen molar-refractivity contribution >= 4 is 22.8 Å². The number of H-pyrrole nitrogens is 1. The molecule has 1 unspecified atom stereocenters. The molecule has 16 heavy (non-hydrogen) atoms. The lowest BCUT2D eigenvalue weighted by atomic mass is 10.0. The molecule has 0 aliphatic carbocycles. The Labute approximate surface area is 96.6 Å². The molecule has 1 aromatic heterocycles. The molecule has 0 spiro atoms. The molecule has 82 valence electrons. The Kier molecular flexibility index (Phi) is 2.03. The van der Waals surface area contributed by atoms with Crippen LogP contribution in [0.5, 0.6) is 0 Å². The van der Waals surface area contributed by atoms with Crippen molar-refractivity contribution in [2.24, 2.45) is 4.99 Å². The van der Waals surface area contributed by atoms with Gasteiger partial charge in [0.1, 0.15) is 0 Å². The Morgan fingerprint density at radius 1 is 1.62 bits per heavy atom. The van der Waals surface area contributed by atoms with Crippen LogP contribution < -0.4 is 5.43 Å². The first-order valence-corrected chi connectivity index (χ1v) is 5.72. The van der Waals surface area contributed by atoms with Gasteiger partial charge in [-0.15, -0.1) is 0 Å². The van der Waals surface area contributed by atoms with E-state index in [1.807, 2.05) is 23.3 Å². The van der Waals surface area contributed by atoms with E-state index in [0.717, 1.165) is 10.7 Å². The number of aromatic amines is 1. The third-order valence-electron chi connectivity index (χ3n) is 2.57. The van der Waals surface area contributed by atoms with Crippen LogP contribution in [-0.4, -0.2) is 27.6 Å². The van der Waals surface area contributed by atoms with Crippen LogP contribution in [0.4, 0.5) is 0 Å². The molecule has 2 N–H and O–H groups in total. The van der Waals surface area contributed by atoms with Crippen molar-refractivity contribution in [1.82, 2.24) is 15.4 Å². The topological polar surface area (TPSA) is 60.5 Å². The van der Waals surface area contributed by atoms with Crippen molar-refractivity contribution in [3.05, 3.63) is 35.6 Å². The molecule has 1 atom stereocenters. The Morgan fingerprint density at radius 2 is 2.50 bits per heavy atom. The number of aliphatic imine (C=N–C) groups is 1. The first-order chi connectivity index (χ1) is 7.74. The van der Waals surface area contributed by atoms with Gasteiger partial charge >= 0.3 is 0 Å². The lowest BCUT2D eigenvalue weighted by Crippen LogP contribution is -2.42. The molecule has 3 rings (SSSR count). The van der Waals surface area contributed by atoms with Crippen LogP contribution in [0, 0.1) is 0 Å². The number of hydrazine groups is 1. The van der Waals surface area contributed by atoms with E-state index in [9.17, 15) is 4.79 Å². The summed E-state index contributed by atoms with van der Waals surface area (Å²) in [4.78, 5) is 18.9. The maximum absolute atomic E-state index is 11.8. The molecular formula is C10H10N4OS. The maximum Gasteiger partial charge on any atom is 0.259 e. The van der Waals surface area contributed by atoms with Crippen LogP contribution in [0.1, 0.15) is 11.6 Å². The van der Waals surface area contributed by atoms with Gasteiger partial charge in [0.15, 0.2) is 5.17 Å². The molecule has 2 aliphatic rings. The van der Waals surface area contributed by atoms with Crippen LogP contribution in [0.3, 0.4) is 0 Å². The highest BCUT2D eigenvalue weighted by molar-refractivity contribution is 8.17. The molecule has 3 heterocycles. The van der Waals surface area contributed by atoms with E-state index >= 15 is 0 Å². The van der Waals surface area contributed by atoms with E-state index in [2.05, 4.69) is 22.0 Å². The lowest BCUT2D eigenvalue weighted by Gasteiger charge is -2.26. The van der Waals surface area contributed by atoms with Crippen LogP contribution in [0.15, 0.2) is 34.9 Å². The smallest absolute Gasteiger partial charge is 0.259 e. The minimum Gasteiger partial charge on any atom is -0.364 e. The van der Waals surface area contributed by atoms with Crippen LogP contribution in [0.2, 0.25) is 0 Å². The number of rotatable bonds is 1. The molecule has 0 radical (unpaired) electrons. The van der Waals surface area contributed by atoms with Crippen molar-refractivity contribution in [2.45, 2.75) is 5.92 Å². The highest BCUT2D eigenvalue weighted by atomic mass is 32.2. The number of fused-ring (bicyclic) bond motifs is 1. The summed E-state index contributed by atoms with van der Waals surface area (Å²) in [5.41, 5.74) is 3.97. The molecule has 0 bridgehead atoms. The Bertz CT molecular complexity index is 479. The van der Waals surface area contributed by atoms with Crippen molar-refractivity contribution in [2.75, 3.05) is 6.54 Å². The van der Waals surface area contributed by atoms with Gasteiger partial charge in [-0.1, -0.05) is 6.58 Å². The third kappa shape index (κ3) is 1.42. The van der Waals surface area contributed by atoms with Gasteiger partial charge in [-0.05, 0) is 23.9 Å². The number of aromatic nitrogens is 1. The monoisotopic (exact) mass is 234 g/mol. The minimum atomic E-state index is -0.224. The Morgan fingerprint density at radius 3 is 3.25 bits per heavy atom. The SMILES string of the molecule is C=C1NN2CC(c3ccc[nH]3)C(=O)N=C2S1. The Balaban J connectivity index is 1.91. The normalized spacial score (nSPS) is 24.1. The summed E-state index contributed by atoms with van der Waals surface area (Å²) >= 11 is 1.39. The van der Waals surface area contributed by atoms with Gasteiger partial charge in [-0.25, -0.2) is 0 Å². The molecule has 1 aromatic rings. The summed E-state index contributed by atoms with van der Waals surface area (Å²) in [7, 11) is 0. The van der Waals surface area contributed by atoms with Gasteiger partial charge < -0.3 is 4.98 Å². The zero-order chi connectivity index (χ0) is 11.1. The number of amidine groups is 1. The highest BCUT2D eigenvalue weighted by Gasteiger charge is 2.35. The second kappa shape index (κ2) is 3.41. The average Bonchev–Trinajstić information content (AvgIpc) is 2.83. The predicted molar refractivity (Wildman–Crippen MR) is 62.5 cm³/mol. The second-order valence-corrected chi connectivity index (χ2v) is 4.72. The fourth-order valence-electron chi connectivity index (χ4n) is 1.82. The van der Waals surface area contributed by atoms with E-state index in [0.29, 0.717) is 11.7 Å². The number of nitrogens with one attached hydrogen (secondary N) is 2. The van der Waals surface area contributed by atoms with E-state index in [4.69, 9.17) is 0 Å². The number of hydrogen-bond donors (Lipinski definition) is 2. The molecule has 6 heteroatoms. The molecule has 1 saturated heterocycles. The third-order valence-corrected chi connectivity index (χ3v) is 3.40.